The van der Waals surface area contributed by atoms with Crippen LogP contribution in [0.4, 0.5) is 5.69 Å². The molecule has 1 aromatic carbocycles. The maximum Gasteiger partial charge on any atom is 0.313 e. The van der Waals surface area contributed by atoms with E-state index < -0.39 is 17.9 Å². The van der Waals surface area contributed by atoms with Crippen molar-refractivity contribution in [2.24, 2.45) is 0 Å². The first-order chi connectivity index (χ1) is 10.1. The molecule has 1 unspecified atom stereocenters. The number of amides is 2. The minimum Gasteiger partial charge on any atom is -0.393 e. The number of carbonyl (C=O) groups is 2. The fraction of sp³-hybridized carbons (Fsp3) is 0.529. The van der Waals surface area contributed by atoms with Crippen molar-refractivity contribution in [1.82, 2.24) is 4.90 Å². The number of anilines is 1. The summed E-state index contributed by atoms with van der Waals surface area (Å²) in [5.74, 6) is -1.28. The lowest BCUT2D eigenvalue weighted by Gasteiger charge is -2.20. The molecule has 0 saturated heterocycles. The van der Waals surface area contributed by atoms with Crippen LogP contribution in [0.15, 0.2) is 24.3 Å². The zero-order valence-electron chi connectivity index (χ0n) is 14.0. The Morgan fingerprint density at radius 2 is 1.77 bits per heavy atom. The zero-order chi connectivity index (χ0) is 16.9. The molecular formula is C17H26N2O3. The van der Waals surface area contributed by atoms with E-state index in [9.17, 15) is 14.7 Å². The number of aliphatic hydroxyl groups excluding tert-OH is 1. The number of rotatable bonds is 4. The van der Waals surface area contributed by atoms with Crippen LogP contribution in [0.5, 0.6) is 0 Å². The van der Waals surface area contributed by atoms with Gasteiger partial charge in [0.15, 0.2) is 0 Å². The number of carbonyl (C=O) groups excluding carboxylic acids is 2. The van der Waals surface area contributed by atoms with Gasteiger partial charge in [-0.3, -0.25) is 9.59 Å². The second-order valence-corrected chi connectivity index (χ2v) is 6.65. The first-order valence-electron chi connectivity index (χ1n) is 7.46. The molecule has 0 spiro atoms. The van der Waals surface area contributed by atoms with Gasteiger partial charge in [-0.25, -0.2) is 0 Å². The molecule has 5 heteroatoms. The Hall–Kier alpha value is -1.88. The fourth-order valence-corrected chi connectivity index (χ4v) is 1.89. The Kier molecular flexibility index (Phi) is 6.11. The average molecular weight is 306 g/mol. The third kappa shape index (κ3) is 5.48. The van der Waals surface area contributed by atoms with Crippen molar-refractivity contribution in [2.45, 2.75) is 45.6 Å². The number of hydrogen-bond donors (Lipinski definition) is 2. The molecule has 1 aromatic rings. The van der Waals surface area contributed by atoms with Crippen molar-refractivity contribution >= 4 is 17.5 Å². The van der Waals surface area contributed by atoms with Gasteiger partial charge in [-0.05, 0) is 36.5 Å². The Bertz CT molecular complexity index is 516. The number of nitrogens with one attached hydrogen (secondary N) is 1. The molecule has 22 heavy (non-hydrogen) atoms. The Morgan fingerprint density at radius 1 is 1.23 bits per heavy atom. The van der Waals surface area contributed by atoms with Crippen LogP contribution < -0.4 is 5.32 Å². The second kappa shape index (κ2) is 7.40. The highest BCUT2D eigenvalue weighted by atomic mass is 16.3. The molecule has 0 bridgehead atoms. The lowest BCUT2D eigenvalue weighted by molar-refractivity contribution is -0.142. The predicted octanol–water partition coefficient (Wildman–Crippen LogP) is 2.15. The van der Waals surface area contributed by atoms with Gasteiger partial charge in [0.05, 0.1) is 6.10 Å². The van der Waals surface area contributed by atoms with Crippen LogP contribution in [0.2, 0.25) is 0 Å². The van der Waals surface area contributed by atoms with Crippen molar-refractivity contribution in [3.8, 4) is 0 Å². The summed E-state index contributed by atoms with van der Waals surface area (Å²) in [7, 11) is 1.55. The lowest BCUT2D eigenvalue weighted by atomic mass is 9.87. The monoisotopic (exact) mass is 306 g/mol. The van der Waals surface area contributed by atoms with E-state index in [0.717, 1.165) is 5.56 Å². The molecule has 1 rings (SSSR count). The summed E-state index contributed by atoms with van der Waals surface area (Å²) in [6, 6.07) is 7.47. The van der Waals surface area contributed by atoms with Crippen LogP contribution in [0.25, 0.3) is 0 Å². The van der Waals surface area contributed by atoms with Crippen LogP contribution in [-0.2, 0) is 15.0 Å². The van der Waals surface area contributed by atoms with E-state index in [1.807, 2.05) is 12.1 Å². The van der Waals surface area contributed by atoms with E-state index in [4.69, 9.17) is 0 Å². The zero-order valence-corrected chi connectivity index (χ0v) is 14.0. The molecule has 0 radical (unpaired) electrons. The van der Waals surface area contributed by atoms with Gasteiger partial charge in [-0.1, -0.05) is 32.9 Å². The molecular weight excluding hydrogens is 280 g/mol. The second-order valence-electron chi connectivity index (χ2n) is 6.65. The quantitative estimate of drug-likeness (QED) is 0.837. The van der Waals surface area contributed by atoms with E-state index in [1.54, 1.807) is 26.1 Å². The smallest absolute Gasteiger partial charge is 0.313 e. The third-order valence-corrected chi connectivity index (χ3v) is 3.43. The first kappa shape index (κ1) is 18.2. The summed E-state index contributed by atoms with van der Waals surface area (Å²) >= 11 is 0. The highest BCUT2D eigenvalue weighted by Crippen LogP contribution is 2.23. The Morgan fingerprint density at radius 3 is 2.23 bits per heavy atom. The molecule has 1 atom stereocenters. The summed E-state index contributed by atoms with van der Waals surface area (Å²) in [6.07, 6.45) is -0.0567. The van der Waals surface area contributed by atoms with Gasteiger partial charge in [0.25, 0.3) is 0 Å². The van der Waals surface area contributed by atoms with Crippen molar-refractivity contribution in [3.63, 3.8) is 0 Å². The maximum absolute atomic E-state index is 11.9. The minimum atomic E-state index is -0.670. The molecule has 0 aliphatic heterocycles. The maximum atomic E-state index is 11.9. The molecule has 0 fully saturated rings. The molecule has 0 aliphatic rings. The van der Waals surface area contributed by atoms with Gasteiger partial charge in [-0.15, -0.1) is 0 Å². The van der Waals surface area contributed by atoms with Crippen LogP contribution in [0, 0.1) is 0 Å². The number of aliphatic hydroxyl groups is 1. The molecule has 122 valence electrons. The molecule has 0 heterocycles. The average Bonchev–Trinajstić information content (AvgIpc) is 2.43. The van der Waals surface area contributed by atoms with E-state index in [0.29, 0.717) is 18.7 Å². The highest BCUT2D eigenvalue weighted by Gasteiger charge is 2.19. The lowest BCUT2D eigenvalue weighted by Crippen LogP contribution is -2.38. The van der Waals surface area contributed by atoms with Gasteiger partial charge in [-0.2, -0.15) is 0 Å². The van der Waals surface area contributed by atoms with Crippen LogP contribution in [0.1, 0.15) is 39.7 Å². The van der Waals surface area contributed by atoms with E-state index in [-0.39, 0.29) is 5.41 Å². The Balaban J connectivity index is 2.62. The molecule has 0 aliphatic carbocycles. The summed E-state index contributed by atoms with van der Waals surface area (Å²) in [5, 5.41) is 11.8. The van der Waals surface area contributed by atoms with Gasteiger partial charge >= 0.3 is 11.8 Å². The van der Waals surface area contributed by atoms with Crippen molar-refractivity contribution < 1.29 is 14.7 Å². The van der Waals surface area contributed by atoms with Gasteiger partial charge in [0.1, 0.15) is 0 Å². The topological polar surface area (TPSA) is 69.6 Å². The van der Waals surface area contributed by atoms with E-state index in [1.165, 1.54) is 4.90 Å². The normalized spacial score (nSPS) is 12.6. The minimum absolute atomic E-state index is 0.0412. The fourth-order valence-electron chi connectivity index (χ4n) is 1.89. The molecule has 2 N–H and O–H groups in total. The number of hydrogen-bond acceptors (Lipinski definition) is 3. The predicted molar refractivity (Wildman–Crippen MR) is 87.7 cm³/mol. The van der Waals surface area contributed by atoms with Gasteiger partial charge < -0.3 is 15.3 Å². The van der Waals surface area contributed by atoms with Crippen LogP contribution in [0.3, 0.4) is 0 Å². The van der Waals surface area contributed by atoms with E-state index in [2.05, 4.69) is 26.1 Å². The van der Waals surface area contributed by atoms with Crippen LogP contribution in [-0.4, -0.2) is 41.5 Å². The molecule has 2 amide bonds. The molecule has 0 aromatic heterocycles. The standard InChI is InChI=1S/C17H26N2O3/c1-12(20)10-11-19(5)16(22)15(21)18-14-8-6-13(7-9-14)17(2,3)4/h6-9,12,20H,10-11H2,1-5H3,(H,18,21). The summed E-state index contributed by atoms with van der Waals surface area (Å²) in [6.45, 7) is 8.33. The number of benzene rings is 1. The SMILES string of the molecule is CC(O)CCN(C)C(=O)C(=O)Nc1ccc(C(C)(C)C)cc1. The summed E-state index contributed by atoms with van der Waals surface area (Å²) in [4.78, 5) is 25.1. The van der Waals surface area contributed by atoms with E-state index >= 15 is 0 Å². The number of likely N-dealkylation sites (N-methyl/N-ethyl adjacent to an activating group) is 1. The van der Waals surface area contributed by atoms with Gasteiger partial charge in [0.2, 0.25) is 0 Å². The highest BCUT2D eigenvalue weighted by molar-refractivity contribution is 6.39. The van der Waals surface area contributed by atoms with Crippen molar-refractivity contribution in [2.75, 3.05) is 18.9 Å². The first-order valence-corrected chi connectivity index (χ1v) is 7.46. The van der Waals surface area contributed by atoms with Crippen LogP contribution >= 0.6 is 0 Å². The molecule has 0 saturated carbocycles. The molecule has 5 nitrogen and oxygen atoms in total. The summed E-state index contributed by atoms with van der Waals surface area (Å²) < 4.78 is 0. The third-order valence-electron chi connectivity index (χ3n) is 3.43. The van der Waals surface area contributed by atoms with Gasteiger partial charge in [0, 0.05) is 19.3 Å². The van der Waals surface area contributed by atoms with Crippen molar-refractivity contribution in [3.05, 3.63) is 29.8 Å². The number of nitrogens with zero attached hydrogens (tertiary/aromatic N) is 1. The Labute approximate surface area is 132 Å². The van der Waals surface area contributed by atoms with Crippen molar-refractivity contribution in [1.29, 1.82) is 0 Å². The largest absolute Gasteiger partial charge is 0.393 e. The summed E-state index contributed by atoms with van der Waals surface area (Å²) in [5.41, 5.74) is 1.79.